The molecule has 2 N–H and O–H groups in total. The highest BCUT2D eigenvalue weighted by Crippen LogP contribution is 2.29. The van der Waals surface area contributed by atoms with Crippen molar-refractivity contribution in [2.75, 3.05) is 13.7 Å². The summed E-state index contributed by atoms with van der Waals surface area (Å²) in [5.41, 5.74) is 7.98. The van der Waals surface area contributed by atoms with Gasteiger partial charge >= 0.3 is 6.18 Å². The van der Waals surface area contributed by atoms with Crippen molar-refractivity contribution in [2.24, 2.45) is 17.8 Å². The minimum Gasteiger partial charge on any atom is -0.480 e. The fourth-order valence-corrected chi connectivity index (χ4v) is 2.67. The van der Waals surface area contributed by atoms with Gasteiger partial charge in [0.2, 0.25) is 11.8 Å². The first-order chi connectivity index (χ1) is 15.6. The molecule has 2 heterocycles. The van der Waals surface area contributed by atoms with Gasteiger partial charge in [-0.25, -0.2) is 9.98 Å². The third-order valence-corrected chi connectivity index (χ3v) is 4.50. The second-order valence-electron chi connectivity index (χ2n) is 6.92. The molecule has 0 atom stereocenters. The number of nitrogens with zero attached hydrogens (tertiary/aromatic N) is 4. The SMILES string of the molecule is C=C/C=C(\C=C(/C)CN)C(=C)N=C(OC)c1cnn(C)c1COc1ccc(C(F)(F)F)cn1. The van der Waals surface area contributed by atoms with E-state index < -0.39 is 11.7 Å². The van der Waals surface area contributed by atoms with E-state index in [1.54, 1.807) is 30.1 Å². The van der Waals surface area contributed by atoms with Gasteiger partial charge in [0.15, 0.2) is 0 Å². The van der Waals surface area contributed by atoms with Crippen LogP contribution in [0.3, 0.4) is 0 Å². The minimum atomic E-state index is -4.47. The summed E-state index contributed by atoms with van der Waals surface area (Å²) in [6.45, 7) is 9.95. The lowest BCUT2D eigenvalue weighted by molar-refractivity contribution is -0.137. The average Bonchev–Trinajstić information content (AvgIpc) is 3.15. The molecule has 0 radical (unpaired) electrons. The third-order valence-electron chi connectivity index (χ3n) is 4.50. The highest BCUT2D eigenvalue weighted by Gasteiger charge is 2.30. The summed E-state index contributed by atoms with van der Waals surface area (Å²) in [6.07, 6.45) is 3.02. The second-order valence-corrected chi connectivity index (χ2v) is 6.92. The number of aliphatic imine (C=N–C) groups is 1. The normalized spacial score (nSPS) is 13.1. The van der Waals surface area contributed by atoms with Crippen LogP contribution in [0.25, 0.3) is 0 Å². The fraction of sp³-hybridized carbons (Fsp3) is 0.261. The molecule has 7 nitrogen and oxygen atoms in total. The van der Waals surface area contributed by atoms with E-state index in [0.29, 0.717) is 29.1 Å². The molecule has 0 saturated heterocycles. The topological polar surface area (TPSA) is 87.6 Å². The molecule has 0 saturated carbocycles. The van der Waals surface area contributed by atoms with Crippen LogP contribution in [0.2, 0.25) is 0 Å². The van der Waals surface area contributed by atoms with Gasteiger partial charge in [-0.05, 0) is 18.6 Å². The first kappa shape index (κ1) is 25.6. The molecule has 0 fully saturated rings. The maximum absolute atomic E-state index is 12.7. The number of pyridine rings is 1. The Morgan fingerprint density at radius 2 is 2.03 bits per heavy atom. The van der Waals surface area contributed by atoms with E-state index in [0.717, 1.165) is 23.9 Å². The molecule has 0 spiro atoms. The van der Waals surface area contributed by atoms with E-state index in [1.807, 2.05) is 13.0 Å². The van der Waals surface area contributed by atoms with Crippen LogP contribution in [0.15, 0.2) is 77.7 Å². The van der Waals surface area contributed by atoms with Crippen LogP contribution in [0, 0.1) is 0 Å². The van der Waals surface area contributed by atoms with E-state index in [4.69, 9.17) is 15.2 Å². The van der Waals surface area contributed by atoms with E-state index in [9.17, 15) is 13.2 Å². The van der Waals surface area contributed by atoms with Crippen molar-refractivity contribution in [3.05, 3.63) is 89.6 Å². The number of allylic oxidation sites excluding steroid dienone is 3. The predicted octanol–water partition coefficient (Wildman–Crippen LogP) is 4.34. The van der Waals surface area contributed by atoms with Gasteiger partial charge in [-0.15, -0.1) is 0 Å². The molecule has 0 aliphatic heterocycles. The highest BCUT2D eigenvalue weighted by atomic mass is 19.4. The summed E-state index contributed by atoms with van der Waals surface area (Å²) in [5.74, 6) is 0.273. The number of hydrogen-bond acceptors (Lipinski definition) is 6. The highest BCUT2D eigenvalue weighted by molar-refractivity contribution is 5.96. The summed E-state index contributed by atoms with van der Waals surface area (Å²) in [5, 5.41) is 4.21. The van der Waals surface area contributed by atoms with E-state index in [-0.39, 0.29) is 18.4 Å². The molecule has 10 heteroatoms. The summed E-state index contributed by atoms with van der Waals surface area (Å²) in [6, 6.07) is 2.06. The molecule has 0 aliphatic rings. The van der Waals surface area contributed by atoms with Crippen LogP contribution in [0.5, 0.6) is 5.88 Å². The van der Waals surface area contributed by atoms with Gasteiger partial charge in [-0.3, -0.25) is 4.68 Å². The lowest BCUT2D eigenvalue weighted by atomic mass is 10.1. The molecule has 0 unspecified atom stereocenters. The van der Waals surface area contributed by atoms with Crippen molar-refractivity contribution in [1.29, 1.82) is 0 Å². The van der Waals surface area contributed by atoms with Crippen LogP contribution in [0.1, 0.15) is 23.7 Å². The van der Waals surface area contributed by atoms with E-state index in [2.05, 4.69) is 28.2 Å². The quantitative estimate of drug-likeness (QED) is 0.341. The molecule has 0 amide bonds. The average molecular weight is 461 g/mol. The summed E-state index contributed by atoms with van der Waals surface area (Å²) < 4.78 is 50.7. The number of methoxy groups -OCH3 is 1. The van der Waals surface area contributed by atoms with E-state index >= 15 is 0 Å². The van der Waals surface area contributed by atoms with Gasteiger partial charge in [0.25, 0.3) is 0 Å². The number of aryl methyl sites for hydroxylation is 1. The third kappa shape index (κ3) is 6.91. The van der Waals surface area contributed by atoms with Crippen LogP contribution < -0.4 is 10.5 Å². The summed E-state index contributed by atoms with van der Waals surface area (Å²) in [4.78, 5) is 8.20. The number of rotatable bonds is 9. The zero-order valence-corrected chi connectivity index (χ0v) is 18.7. The zero-order chi connectivity index (χ0) is 24.6. The molecular weight excluding hydrogens is 435 g/mol. The van der Waals surface area contributed by atoms with Crippen molar-refractivity contribution < 1.29 is 22.6 Å². The van der Waals surface area contributed by atoms with Gasteiger partial charge in [0, 0.05) is 25.9 Å². The Morgan fingerprint density at radius 3 is 2.58 bits per heavy atom. The standard InChI is InChI=1S/C23H26F3N5O2/c1-6-7-17(10-15(2)11-27)16(3)30-22(32-5)19-13-29-31(4)20(19)14-33-21-9-8-18(12-28-21)23(24,25)26/h6-10,12-13H,1,3,11,14,27H2,2,4-5H3/b15-10+,17-7+,30-22?. The number of nitrogens with two attached hydrogens (primary N) is 1. The number of aromatic nitrogens is 3. The molecule has 0 aromatic carbocycles. The molecule has 0 bridgehead atoms. The molecule has 2 aromatic heterocycles. The summed E-state index contributed by atoms with van der Waals surface area (Å²) in [7, 11) is 3.15. The first-order valence-corrected chi connectivity index (χ1v) is 9.79. The molecule has 176 valence electrons. The Morgan fingerprint density at radius 1 is 1.30 bits per heavy atom. The van der Waals surface area contributed by atoms with Crippen LogP contribution in [-0.4, -0.2) is 34.3 Å². The Labute approximate surface area is 190 Å². The van der Waals surface area contributed by atoms with Crippen molar-refractivity contribution in [1.82, 2.24) is 14.8 Å². The van der Waals surface area contributed by atoms with Crippen LogP contribution in [-0.2, 0) is 24.6 Å². The van der Waals surface area contributed by atoms with Gasteiger partial charge in [0.05, 0.1) is 35.8 Å². The van der Waals surface area contributed by atoms with Crippen LogP contribution in [0.4, 0.5) is 13.2 Å². The number of ether oxygens (including phenoxy) is 2. The lowest BCUT2D eigenvalue weighted by Gasteiger charge is -2.11. The Balaban J connectivity index is 2.29. The predicted molar refractivity (Wildman–Crippen MR) is 121 cm³/mol. The minimum absolute atomic E-state index is 0.0272. The first-order valence-electron chi connectivity index (χ1n) is 9.79. The smallest absolute Gasteiger partial charge is 0.417 e. The maximum atomic E-state index is 12.7. The second kappa shape index (κ2) is 11.3. The van der Waals surface area contributed by atoms with Gasteiger partial charge in [-0.1, -0.05) is 37.0 Å². The number of halogens is 3. The monoisotopic (exact) mass is 461 g/mol. The number of hydrogen-bond donors (Lipinski definition) is 1. The van der Waals surface area contributed by atoms with Crippen molar-refractivity contribution >= 4 is 5.90 Å². The van der Waals surface area contributed by atoms with Crippen LogP contribution >= 0.6 is 0 Å². The van der Waals surface area contributed by atoms with Gasteiger partial charge in [-0.2, -0.15) is 18.3 Å². The Kier molecular flexibility index (Phi) is 8.75. The molecule has 0 aliphatic carbocycles. The molecule has 2 aromatic rings. The molecule has 2 rings (SSSR count). The zero-order valence-electron chi connectivity index (χ0n) is 18.7. The van der Waals surface area contributed by atoms with E-state index in [1.165, 1.54) is 7.11 Å². The van der Waals surface area contributed by atoms with Crippen molar-refractivity contribution in [2.45, 2.75) is 19.7 Å². The molecule has 33 heavy (non-hydrogen) atoms. The van der Waals surface area contributed by atoms with Gasteiger partial charge in [0.1, 0.15) is 6.61 Å². The molecular formula is C23H26F3N5O2. The fourth-order valence-electron chi connectivity index (χ4n) is 2.67. The van der Waals surface area contributed by atoms with Crippen molar-refractivity contribution in [3.8, 4) is 5.88 Å². The largest absolute Gasteiger partial charge is 0.480 e. The number of alkyl halides is 3. The maximum Gasteiger partial charge on any atom is 0.417 e. The lowest BCUT2D eigenvalue weighted by Crippen LogP contribution is -2.12. The summed E-state index contributed by atoms with van der Waals surface area (Å²) >= 11 is 0. The van der Waals surface area contributed by atoms with Crippen molar-refractivity contribution in [3.63, 3.8) is 0 Å². The Hall–Kier alpha value is -3.66. The Bertz CT molecular complexity index is 1080. The van der Waals surface area contributed by atoms with Gasteiger partial charge < -0.3 is 15.2 Å².